The minimum absolute atomic E-state index is 0.0467. The third kappa shape index (κ3) is 3.52. The summed E-state index contributed by atoms with van der Waals surface area (Å²) in [6, 6.07) is 5.27. The highest BCUT2D eigenvalue weighted by atomic mass is 16.5. The van der Waals surface area contributed by atoms with E-state index in [2.05, 4.69) is 5.32 Å². The molecule has 2 aliphatic rings. The van der Waals surface area contributed by atoms with Crippen molar-refractivity contribution >= 4 is 17.8 Å². The van der Waals surface area contributed by atoms with Gasteiger partial charge >= 0.3 is 5.97 Å². The zero-order valence-electron chi connectivity index (χ0n) is 14.8. The Bertz CT molecular complexity index is 705. The molecule has 2 saturated heterocycles. The van der Waals surface area contributed by atoms with Gasteiger partial charge in [-0.3, -0.25) is 9.59 Å². The summed E-state index contributed by atoms with van der Waals surface area (Å²) in [5.74, 6) is -1.21. The Labute approximate surface area is 152 Å². The second kappa shape index (κ2) is 7.76. The molecule has 0 bridgehead atoms. The minimum Gasteiger partial charge on any atom is -0.496 e. The summed E-state index contributed by atoms with van der Waals surface area (Å²) in [5, 5.41) is 12.2. The standard InChI is InChI=1S/C19H24N2O5/c1-26-16-9-5-3-7-13(16)17(22)20-14-8-4-2-6-12-10-11-15(19(24)25)21(12)18(14)23/h3,5,7,9,12,14-15H,2,4,6,8,10-11H2,1H3,(H,20,22)(H,24,25)/t12-,14-,15-/m0/s1. The van der Waals surface area contributed by atoms with Crippen molar-refractivity contribution in [2.45, 2.75) is 56.7 Å². The summed E-state index contributed by atoms with van der Waals surface area (Å²) in [6.07, 6.45) is 4.25. The monoisotopic (exact) mass is 360 g/mol. The Morgan fingerprint density at radius 2 is 1.88 bits per heavy atom. The average Bonchev–Trinajstić information content (AvgIpc) is 3.05. The number of ether oxygens (including phenoxy) is 1. The Kier molecular flexibility index (Phi) is 5.44. The van der Waals surface area contributed by atoms with Crippen molar-refractivity contribution in [1.82, 2.24) is 10.2 Å². The molecule has 0 saturated carbocycles. The van der Waals surface area contributed by atoms with Gasteiger partial charge in [-0.05, 0) is 37.8 Å². The van der Waals surface area contributed by atoms with Gasteiger partial charge in [0.25, 0.3) is 5.91 Å². The van der Waals surface area contributed by atoms with Gasteiger partial charge in [0.05, 0.1) is 12.7 Å². The van der Waals surface area contributed by atoms with Gasteiger partial charge in [-0.2, -0.15) is 0 Å². The maximum atomic E-state index is 13.0. The number of rotatable bonds is 4. The van der Waals surface area contributed by atoms with Crippen molar-refractivity contribution in [3.05, 3.63) is 29.8 Å². The number of fused-ring (bicyclic) bond motifs is 1. The molecule has 7 nitrogen and oxygen atoms in total. The van der Waals surface area contributed by atoms with Crippen molar-refractivity contribution in [3.63, 3.8) is 0 Å². The molecule has 2 fully saturated rings. The number of carboxylic acids is 1. The summed E-state index contributed by atoms with van der Waals surface area (Å²) < 4.78 is 5.21. The Morgan fingerprint density at radius 3 is 2.62 bits per heavy atom. The number of nitrogens with one attached hydrogen (secondary N) is 1. The van der Waals surface area contributed by atoms with E-state index in [0.29, 0.717) is 30.6 Å². The fourth-order valence-electron chi connectivity index (χ4n) is 3.98. The van der Waals surface area contributed by atoms with Gasteiger partial charge in [-0.1, -0.05) is 25.0 Å². The molecule has 3 atom stereocenters. The van der Waals surface area contributed by atoms with Gasteiger partial charge in [0.15, 0.2) is 0 Å². The highest BCUT2D eigenvalue weighted by Gasteiger charge is 2.43. The maximum Gasteiger partial charge on any atom is 0.326 e. The maximum absolute atomic E-state index is 13.0. The molecule has 2 aliphatic heterocycles. The topological polar surface area (TPSA) is 95.9 Å². The first kappa shape index (κ1) is 18.2. The Balaban J connectivity index is 1.80. The summed E-state index contributed by atoms with van der Waals surface area (Å²) in [6.45, 7) is 0. The number of carbonyl (C=O) groups excluding carboxylic acids is 2. The number of benzene rings is 1. The van der Waals surface area contributed by atoms with Crippen LogP contribution in [-0.4, -0.2) is 53.0 Å². The molecule has 3 rings (SSSR count). The van der Waals surface area contributed by atoms with Crippen molar-refractivity contribution in [2.24, 2.45) is 0 Å². The van der Waals surface area contributed by atoms with E-state index in [0.717, 1.165) is 19.3 Å². The fourth-order valence-corrected chi connectivity index (χ4v) is 3.98. The van der Waals surface area contributed by atoms with Crippen LogP contribution in [0.1, 0.15) is 48.9 Å². The second-order valence-corrected chi connectivity index (χ2v) is 6.84. The predicted molar refractivity (Wildman–Crippen MR) is 94.0 cm³/mol. The molecule has 2 amide bonds. The average molecular weight is 360 g/mol. The highest BCUT2D eigenvalue weighted by Crippen LogP contribution is 2.31. The molecule has 0 aliphatic carbocycles. The number of hydrogen-bond acceptors (Lipinski definition) is 4. The van der Waals surface area contributed by atoms with E-state index in [9.17, 15) is 19.5 Å². The quantitative estimate of drug-likeness (QED) is 0.854. The number of hydrogen-bond donors (Lipinski definition) is 2. The van der Waals surface area contributed by atoms with E-state index >= 15 is 0 Å². The molecule has 7 heteroatoms. The molecule has 1 aromatic carbocycles. The lowest BCUT2D eigenvalue weighted by Gasteiger charge is -2.34. The lowest BCUT2D eigenvalue weighted by Crippen LogP contribution is -2.54. The van der Waals surface area contributed by atoms with Crippen LogP contribution in [0.15, 0.2) is 24.3 Å². The normalized spacial score (nSPS) is 25.8. The van der Waals surface area contributed by atoms with E-state index < -0.39 is 18.1 Å². The van der Waals surface area contributed by atoms with Gasteiger partial charge in [-0.15, -0.1) is 0 Å². The number of amides is 2. The summed E-state index contributed by atoms with van der Waals surface area (Å²) in [5.41, 5.74) is 0.359. The predicted octanol–water partition coefficient (Wildman–Crippen LogP) is 1.81. The fraction of sp³-hybridized carbons (Fsp3) is 0.526. The molecule has 26 heavy (non-hydrogen) atoms. The smallest absolute Gasteiger partial charge is 0.326 e. The third-order valence-corrected chi connectivity index (χ3v) is 5.28. The first-order chi connectivity index (χ1) is 12.5. The molecule has 1 aromatic rings. The molecule has 0 unspecified atom stereocenters. The zero-order valence-corrected chi connectivity index (χ0v) is 14.8. The third-order valence-electron chi connectivity index (χ3n) is 5.28. The number of methoxy groups -OCH3 is 1. The van der Waals surface area contributed by atoms with Crippen LogP contribution in [0.3, 0.4) is 0 Å². The van der Waals surface area contributed by atoms with Crippen LogP contribution in [-0.2, 0) is 9.59 Å². The molecule has 0 radical (unpaired) electrons. The molecular weight excluding hydrogens is 336 g/mol. The molecule has 0 spiro atoms. The first-order valence-electron chi connectivity index (χ1n) is 9.01. The summed E-state index contributed by atoms with van der Waals surface area (Å²) in [4.78, 5) is 38.7. The van der Waals surface area contributed by atoms with Crippen LogP contribution in [0, 0.1) is 0 Å². The first-order valence-corrected chi connectivity index (χ1v) is 9.01. The highest BCUT2D eigenvalue weighted by molar-refractivity contribution is 6.00. The van der Waals surface area contributed by atoms with Crippen LogP contribution in [0.5, 0.6) is 5.75 Å². The van der Waals surface area contributed by atoms with E-state index in [1.807, 2.05) is 0 Å². The largest absolute Gasteiger partial charge is 0.496 e. The van der Waals surface area contributed by atoms with E-state index in [1.165, 1.54) is 12.0 Å². The molecule has 0 aromatic heterocycles. The van der Waals surface area contributed by atoms with Crippen LogP contribution in [0.2, 0.25) is 0 Å². The molecular formula is C19H24N2O5. The number of para-hydroxylation sites is 1. The van der Waals surface area contributed by atoms with Gasteiger partial charge < -0.3 is 20.1 Å². The van der Waals surface area contributed by atoms with Crippen molar-refractivity contribution < 1.29 is 24.2 Å². The number of carboxylic acid groups (broad SMARTS) is 1. The Morgan fingerprint density at radius 1 is 1.15 bits per heavy atom. The van der Waals surface area contributed by atoms with Crippen LogP contribution < -0.4 is 10.1 Å². The van der Waals surface area contributed by atoms with Crippen molar-refractivity contribution in [2.75, 3.05) is 7.11 Å². The lowest BCUT2D eigenvalue weighted by molar-refractivity contribution is -0.151. The van der Waals surface area contributed by atoms with Crippen LogP contribution >= 0.6 is 0 Å². The van der Waals surface area contributed by atoms with Crippen molar-refractivity contribution in [3.8, 4) is 5.75 Å². The number of nitrogens with zero attached hydrogens (tertiary/aromatic N) is 1. The van der Waals surface area contributed by atoms with Gasteiger partial charge in [0.1, 0.15) is 17.8 Å². The van der Waals surface area contributed by atoms with Gasteiger partial charge in [0.2, 0.25) is 5.91 Å². The molecule has 2 heterocycles. The van der Waals surface area contributed by atoms with E-state index in [-0.39, 0.29) is 17.9 Å². The Hall–Kier alpha value is -2.57. The zero-order chi connectivity index (χ0) is 18.7. The SMILES string of the molecule is COc1ccccc1C(=O)N[C@H]1CCCC[C@H]2CC[C@@H](C(=O)O)N2C1=O. The number of carbonyl (C=O) groups is 3. The van der Waals surface area contributed by atoms with Crippen LogP contribution in [0.25, 0.3) is 0 Å². The molecule has 2 N–H and O–H groups in total. The van der Waals surface area contributed by atoms with Crippen molar-refractivity contribution in [1.29, 1.82) is 0 Å². The van der Waals surface area contributed by atoms with Gasteiger partial charge in [-0.25, -0.2) is 4.79 Å². The second-order valence-electron chi connectivity index (χ2n) is 6.84. The lowest BCUT2D eigenvalue weighted by atomic mass is 9.98. The summed E-state index contributed by atoms with van der Waals surface area (Å²) in [7, 11) is 1.49. The number of aliphatic carboxylic acids is 1. The van der Waals surface area contributed by atoms with Crippen LogP contribution in [0.4, 0.5) is 0 Å². The van der Waals surface area contributed by atoms with E-state index in [1.54, 1.807) is 24.3 Å². The van der Waals surface area contributed by atoms with E-state index in [4.69, 9.17) is 4.74 Å². The summed E-state index contributed by atoms with van der Waals surface area (Å²) >= 11 is 0. The van der Waals surface area contributed by atoms with Gasteiger partial charge in [0, 0.05) is 6.04 Å². The minimum atomic E-state index is -0.976. The molecule has 140 valence electrons.